The smallest absolute Gasteiger partial charge is 0.247 e. The van der Waals surface area contributed by atoms with E-state index in [2.05, 4.69) is 46.3 Å². The largest absolute Gasteiger partial charge is 0.327 e. The van der Waals surface area contributed by atoms with Crippen LogP contribution in [-0.4, -0.2) is 63.7 Å². The zero-order valence-corrected chi connectivity index (χ0v) is 20.8. The third-order valence-electron chi connectivity index (χ3n) is 8.27. The summed E-state index contributed by atoms with van der Waals surface area (Å²) >= 11 is 0. The molecule has 6 nitrogen and oxygen atoms in total. The van der Waals surface area contributed by atoms with Crippen molar-refractivity contribution in [1.29, 1.82) is 0 Å². The quantitative estimate of drug-likeness (QED) is 0.543. The SMILES string of the molecule is O=C1C2CN(Cc3ccnc4ccccc34)CCN2C(=O)CN1Cc1ccc(C2CCCCC2)cc1. The zero-order chi connectivity index (χ0) is 24.5. The molecule has 0 N–H and O–H groups in total. The van der Waals surface area contributed by atoms with Crippen molar-refractivity contribution in [2.75, 3.05) is 26.2 Å². The molecule has 2 aromatic carbocycles. The Morgan fingerprint density at radius 1 is 0.861 bits per heavy atom. The summed E-state index contributed by atoms with van der Waals surface area (Å²) in [4.78, 5) is 36.8. The molecule has 0 bridgehead atoms. The van der Waals surface area contributed by atoms with Crippen molar-refractivity contribution in [3.63, 3.8) is 0 Å². The van der Waals surface area contributed by atoms with Gasteiger partial charge in [0.2, 0.25) is 11.8 Å². The molecule has 2 aliphatic heterocycles. The van der Waals surface area contributed by atoms with Gasteiger partial charge in [0.25, 0.3) is 0 Å². The molecule has 1 aromatic heterocycles. The highest BCUT2D eigenvalue weighted by Crippen LogP contribution is 2.33. The first-order chi connectivity index (χ1) is 17.7. The summed E-state index contributed by atoms with van der Waals surface area (Å²) in [5.41, 5.74) is 4.70. The monoisotopic (exact) mass is 482 g/mol. The second-order valence-electron chi connectivity index (χ2n) is 10.6. The minimum absolute atomic E-state index is 0.0624. The van der Waals surface area contributed by atoms with Crippen molar-refractivity contribution in [2.24, 2.45) is 0 Å². The van der Waals surface area contributed by atoms with Gasteiger partial charge in [-0.2, -0.15) is 0 Å². The number of carbonyl (C=O) groups excluding carboxylic acids is 2. The Balaban J connectivity index is 1.13. The molecule has 1 unspecified atom stereocenters. The Hall–Kier alpha value is -3.25. The number of benzene rings is 2. The van der Waals surface area contributed by atoms with E-state index in [0.29, 0.717) is 25.6 Å². The van der Waals surface area contributed by atoms with Crippen LogP contribution in [0.5, 0.6) is 0 Å². The lowest BCUT2D eigenvalue weighted by Gasteiger charge is -2.46. The predicted molar refractivity (Wildman–Crippen MR) is 140 cm³/mol. The summed E-state index contributed by atoms with van der Waals surface area (Å²) in [5, 5.41) is 1.15. The van der Waals surface area contributed by atoms with Gasteiger partial charge >= 0.3 is 0 Å². The van der Waals surface area contributed by atoms with Crippen molar-refractivity contribution >= 4 is 22.7 Å². The lowest BCUT2D eigenvalue weighted by molar-refractivity contribution is -0.160. The standard InChI is InChI=1S/C30H34N4O2/c35-29-21-33(18-22-10-12-24(13-11-22)23-6-2-1-3-7-23)30(36)28-20-32(16-17-34(28)29)19-25-14-15-31-27-9-5-4-8-26(25)27/h4-5,8-15,23,28H,1-3,6-7,16-21H2. The second kappa shape index (κ2) is 10.0. The van der Waals surface area contributed by atoms with Crippen LogP contribution in [0.3, 0.4) is 0 Å². The molecule has 1 aliphatic carbocycles. The number of aromatic nitrogens is 1. The van der Waals surface area contributed by atoms with Gasteiger partial charge in [-0.1, -0.05) is 61.7 Å². The third kappa shape index (κ3) is 4.62. The molecule has 36 heavy (non-hydrogen) atoms. The van der Waals surface area contributed by atoms with E-state index in [9.17, 15) is 9.59 Å². The van der Waals surface area contributed by atoms with Crippen molar-refractivity contribution < 1.29 is 9.59 Å². The van der Waals surface area contributed by atoms with E-state index >= 15 is 0 Å². The number of carbonyl (C=O) groups is 2. The van der Waals surface area contributed by atoms with Gasteiger partial charge in [0.15, 0.2) is 0 Å². The number of hydrogen-bond acceptors (Lipinski definition) is 4. The second-order valence-corrected chi connectivity index (χ2v) is 10.6. The molecule has 6 rings (SSSR count). The van der Waals surface area contributed by atoms with Gasteiger partial charge in [-0.15, -0.1) is 0 Å². The van der Waals surface area contributed by atoms with Gasteiger partial charge in [-0.05, 0) is 47.6 Å². The molecule has 0 spiro atoms. The van der Waals surface area contributed by atoms with Gasteiger partial charge < -0.3 is 9.80 Å². The molecule has 2 saturated heterocycles. The summed E-state index contributed by atoms with van der Waals surface area (Å²) in [6.07, 6.45) is 8.41. The fourth-order valence-electron chi connectivity index (χ4n) is 6.25. The maximum atomic E-state index is 13.5. The molecule has 0 radical (unpaired) electrons. The molecular formula is C30H34N4O2. The number of fused-ring (bicyclic) bond motifs is 2. The number of pyridine rings is 1. The fraction of sp³-hybridized carbons (Fsp3) is 0.433. The summed E-state index contributed by atoms with van der Waals surface area (Å²) < 4.78 is 0. The lowest BCUT2D eigenvalue weighted by atomic mass is 9.84. The summed E-state index contributed by atoms with van der Waals surface area (Å²) in [5.74, 6) is 0.799. The summed E-state index contributed by atoms with van der Waals surface area (Å²) in [7, 11) is 0. The average Bonchev–Trinajstić information content (AvgIpc) is 2.93. The van der Waals surface area contributed by atoms with Crippen LogP contribution < -0.4 is 0 Å². The molecule has 1 saturated carbocycles. The molecule has 3 heterocycles. The van der Waals surface area contributed by atoms with E-state index in [1.165, 1.54) is 43.2 Å². The van der Waals surface area contributed by atoms with Crippen molar-refractivity contribution in [3.05, 3.63) is 77.5 Å². The average molecular weight is 483 g/mol. The minimum atomic E-state index is -0.408. The van der Waals surface area contributed by atoms with Gasteiger partial charge in [0.1, 0.15) is 12.6 Å². The topological polar surface area (TPSA) is 56.8 Å². The van der Waals surface area contributed by atoms with Crippen molar-refractivity contribution in [3.8, 4) is 0 Å². The number of rotatable bonds is 5. The van der Waals surface area contributed by atoms with E-state index in [0.717, 1.165) is 29.6 Å². The van der Waals surface area contributed by atoms with Crippen LogP contribution in [0.25, 0.3) is 10.9 Å². The molecule has 3 aliphatic rings. The van der Waals surface area contributed by atoms with E-state index in [1.807, 2.05) is 24.4 Å². The molecule has 3 fully saturated rings. The molecule has 186 valence electrons. The van der Waals surface area contributed by atoms with Crippen LogP contribution in [-0.2, 0) is 22.7 Å². The molecular weight excluding hydrogens is 448 g/mol. The van der Waals surface area contributed by atoms with Gasteiger partial charge in [-0.3, -0.25) is 19.5 Å². The fourth-order valence-corrected chi connectivity index (χ4v) is 6.25. The molecule has 6 heteroatoms. The molecule has 1 atom stereocenters. The first kappa shape index (κ1) is 23.2. The van der Waals surface area contributed by atoms with E-state index in [4.69, 9.17) is 0 Å². The molecule has 3 aromatic rings. The van der Waals surface area contributed by atoms with Crippen LogP contribution in [0.1, 0.15) is 54.7 Å². The molecule has 2 amide bonds. The zero-order valence-electron chi connectivity index (χ0n) is 20.8. The number of amides is 2. The third-order valence-corrected chi connectivity index (χ3v) is 8.27. The Morgan fingerprint density at radius 2 is 1.67 bits per heavy atom. The number of nitrogens with zero attached hydrogens (tertiary/aromatic N) is 4. The first-order valence-electron chi connectivity index (χ1n) is 13.4. The van der Waals surface area contributed by atoms with Gasteiger partial charge in [0, 0.05) is 44.3 Å². The highest BCUT2D eigenvalue weighted by atomic mass is 16.2. The Morgan fingerprint density at radius 3 is 2.50 bits per heavy atom. The number of piperazine rings is 2. The van der Waals surface area contributed by atoms with Crippen LogP contribution in [0.15, 0.2) is 60.8 Å². The Labute approximate surface area is 212 Å². The van der Waals surface area contributed by atoms with Crippen LogP contribution >= 0.6 is 0 Å². The highest BCUT2D eigenvalue weighted by Gasteiger charge is 2.42. The summed E-state index contributed by atoms with van der Waals surface area (Å²) in [6.45, 7) is 3.36. The van der Waals surface area contributed by atoms with Crippen LogP contribution in [0.4, 0.5) is 0 Å². The van der Waals surface area contributed by atoms with Gasteiger partial charge in [-0.25, -0.2) is 0 Å². The highest BCUT2D eigenvalue weighted by molar-refractivity contribution is 5.95. The summed E-state index contributed by atoms with van der Waals surface area (Å²) in [6, 6.07) is 18.6. The van der Waals surface area contributed by atoms with Crippen LogP contribution in [0, 0.1) is 0 Å². The van der Waals surface area contributed by atoms with Crippen molar-refractivity contribution in [2.45, 2.75) is 57.2 Å². The van der Waals surface area contributed by atoms with E-state index in [-0.39, 0.29) is 18.4 Å². The van der Waals surface area contributed by atoms with Crippen LogP contribution in [0.2, 0.25) is 0 Å². The maximum absolute atomic E-state index is 13.5. The van der Waals surface area contributed by atoms with Gasteiger partial charge in [0.05, 0.1) is 5.52 Å². The Kier molecular flexibility index (Phi) is 6.45. The number of para-hydroxylation sites is 1. The predicted octanol–water partition coefficient (Wildman–Crippen LogP) is 4.34. The maximum Gasteiger partial charge on any atom is 0.247 e. The van der Waals surface area contributed by atoms with Crippen molar-refractivity contribution in [1.82, 2.24) is 19.7 Å². The van der Waals surface area contributed by atoms with E-state index < -0.39 is 6.04 Å². The normalized spacial score (nSPS) is 21.7. The van der Waals surface area contributed by atoms with E-state index in [1.54, 1.807) is 9.80 Å². The number of hydrogen-bond donors (Lipinski definition) is 0. The lowest BCUT2D eigenvalue weighted by Crippen LogP contribution is -2.66. The first-order valence-corrected chi connectivity index (χ1v) is 13.4. The minimum Gasteiger partial charge on any atom is -0.327 e. The Bertz CT molecular complexity index is 1250.